The largest absolute Gasteiger partial charge is 0.455 e. The number of hydrogen-bond donors (Lipinski definition) is 0. The Balaban J connectivity index is 2.20. The smallest absolute Gasteiger partial charge is 0.238 e. The number of ketones is 1. The fraction of sp³-hybridized carbons (Fsp3) is 0.182. The summed E-state index contributed by atoms with van der Waals surface area (Å²) in [6, 6.07) is 6.75. The summed E-state index contributed by atoms with van der Waals surface area (Å²) in [5.41, 5.74) is 0. The Morgan fingerprint density at radius 1 is 1.44 bits per heavy atom. The number of ether oxygens (including phenoxy) is 1. The number of thiophene rings is 1. The van der Waals surface area contributed by atoms with Crippen LogP contribution in [-0.2, 0) is 11.3 Å². The molecule has 0 unspecified atom stereocenters. The lowest BCUT2D eigenvalue weighted by Gasteiger charge is -1.94. The van der Waals surface area contributed by atoms with Crippen molar-refractivity contribution in [1.82, 2.24) is 0 Å². The first-order chi connectivity index (χ1) is 7.70. The van der Waals surface area contributed by atoms with Crippen LogP contribution >= 0.6 is 22.9 Å². The van der Waals surface area contributed by atoms with Crippen molar-refractivity contribution < 1.29 is 13.9 Å². The van der Waals surface area contributed by atoms with Crippen LogP contribution in [-0.4, -0.2) is 12.9 Å². The standard InChI is InChI=1S/C11H9ClO3S/c1-14-6-7-2-3-8(15-7)11(13)9-4-5-10(12)16-9/h2-5H,6H2,1H3. The fourth-order valence-electron chi connectivity index (χ4n) is 1.28. The molecule has 2 heterocycles. The highest BCUT2D eigenvalue weighted by atomic mass is 35.5. The molecule has 0 saturated carbocycles. The average Bonchev–Trinajstić information content (AvgIpc) is 2.87. The Bertz CT molecular complexity index is 501. The maximum atomic E-state index is 11.9. The van der Waals surface area contributed by atoms with Crippen LogP contribution in [0.2, 0.25) is 4.34 Å². The van der Waals surface area contributed by atoms with Gasteiger partial charge in [-0.1, -0.05) is 11.6 Å². The van der Waals surface area contributed by atoms with Crippen molar-refractivity contribution in [2.45, 2.75) is 6.61 Å². The molecular formula is C11H9ClO3S. The van der Waals surface area contributed by atoms with Gasteiger partial charge < -0.3 is 9.15 Å². The molecule has 0 radical (unpaired) electrons. The van der Waals surface area contributed by atoms with E-state index in [-0.39, 0.29) is 5.78 Å². The fourth-order valence-corrected chi connectivity index (χ4v) is 2.27. The molecular weight excluding hydrogens is 248 g/mol. The quantitative estimate of drug-likeness (QED) is 0.788. The molecule has 2 aromatic heterocycles. The highest BCUT2D eigenvalue weighted by Crippen LogP contribution is 2.24. The van der Waals surface area contributed by atoms with E-state index in [1.54, 1.807) is 31.4 Å². The molecule has 84 valence electrons. The van der Waals surface area contributed by atoms with Gasteiger partial charge in [-0.3, -0.25) is 4.79 Å². The SMILES string of the molecule is COCc1ccc(C(=O)c2ccc(Cl)s2)o1. The van der Waals surface area contributed by atoms with Crippen molar-refractivity contribution in [3.63, 3.8) is 0 Å². The van der Waals surface area contributed by atoms with Gasteiger partial charge in [0.05, 0.1) is 9.21 Å². The van der Waals surface area contributed by atoms with E-state index in [4.69, 9.17) is 20.8 Å². The van der Waals surface area contributed by atoms with Gasteiger partial charge in [-0.15, -0.1) is 11.3 Å². The zero-order valence-electron chi connectivity index (χ0n) is 8.53. The Morgan fingerprint density at radius 3 is 2.88 bits per heavy atom. The average molecular weight is 257 g/mol. The van der Waals surface area contributed by atoms with Gasteiger partial charge in [-0.2, -0.15) is 0 Å². The number of hydrogen-bond acceptors (Lipinski definition) is 4. The minimum atomic E-state index is -0.153. The van der Waals surface area contributed by atoms with Crippen molar-refractivity contribution >= 4 is 28.7 Å². The molecule has 3 nitrogen and oxygen atoms in total. The number of carbonyl (C=O) groups excluding carboxylic acids is 1. The van der Waals surface area contributed by atoms with Crippen molar-refractivity contribution in [2.75, 3.05) is 7.11 Å². The summed E-state index contributed by atoms with van der Waals surface area (Å²) in [4.78, 5) is 12.5. The normalized spacial score (nSPS) is 10.6. The van der Waals surface area contributed by atoms with Crippen molar-refractivity contribution in [3.8, 4) is 0 Å². The Morgan fingerprint density at radius 2 is 2.25 bits per heavy atom. The summed E-state index contributed by atoms with van der Waals surface area (Å²) < 4.78 is 10.8. The van der Waals surface area contributed by atoms with Gasteiger partial charge in [-0.25, -0.2) is 0 Å². The van der Waals surface area contributed by atoms with Crippen LogP contribution in [0.15, 0.2) is 28.7 Å². The van der Waals surface area contributed by atoms with Crippen LogP contribution in [0.3, 0.4) is 0 Å². The van der Waals surface area contributed by atoms with Gasteiger partial charge >= 0.3 is 0 Å². The van der Waals surface area contributed by atoms with E-state index < -0.39 is 0 Å². The number of rotatable bonds is 4. The number of methoxy groups -OCH3 is 1. The first kappa shape index (κ1) is 11.4. The predicted molar refractivity (Wildman–Crippen MR) is 62.2 cm³/mol. The van der Waals surface area contributed by atoms with Crippen LogP contribution in [0.1, 0.15) is 21.2 Å². The van der Waals surface area contributed by atoms with Gasteiger partial charge in [0.2, 0.25) is 5.78 Å². The van der Waals surface area contributed by atoms with Crippen LogP contribution in [0.25, 0.3) is 0 Å². The molecule has 0 spiro atoms. The van der Waals surface area contributed by atoms with Crippen LogP contribution in [0.5, 0.6) is 0 Å². The Hall–Kier alpha value is -1.10. The van der Waals surface area contributed by atoms with Gasteiger partial charge in [0.1, 0.15) is 12.4 Å². The summed E-state index contributed by atoms with van der Waals surface area (Å²) in [6.07, 6.45) is 0. The topological polar surface area (TPSA) is 39.4 Å². The molecule has 0 bridgehead atoms. The van der Waals surface area contributed by atoms with E-state index in [0.29, 0.717) is 27.3 Å². The number of halogens is 1. The predicted octanol–water partition coefficient (Wildman–Crippen LogP) is 3.37. The second-order valence-corrected chi connectivity index (χ2v) is 4.85. The van der Waals surface area contributed by atoms with Crippen LogP contribution < -0.4 is 0 Å². The molecule has 0 atom stereocenters. The van der Waals surface area contributed by atoms with Crippen molar-refractivity contribution in [1.29, 1.82) is 0 Å². The highest BCUT2D eigenvalue weighted by molar-refractivity contribution is 7.18. The molecule has 0 aromatic carbocycles. The van der Waals surface area contributed by atoms with E-state index in [0.717, 1.165) is 0 Å². The molecule has 0 N–H and O–H groups in total. The number of furan rings is 1. The summed E-state index contributed by atoms with van der Waals surface area (Å²) in [6.45, 7) is 0.360. The molecule has 0 aliphatic heterocycles. The molecule has 0 saturated heterocycles. The monoisotopic (exact) mass is 256 g/mol. The summed E-state index contributed by atoms with van der Waals surface area (Å²) in [5.74, 6) is 0.790. The van der Waals surface area contributed by atoms with Crippen LogP contribution in [0, 0.1) is 0 Å². The maximum absolute atomic E-state index is 11.9. The molecule has 2 rings (SSSR count). The van der Waals surface area contributed by atoms with Gasteiger partial charge in [-0.05, 0) is 24.3 Å². The Kier molecular flexibility index (Phi) is 3.43. The zero-order chi connectivity index (χ0) is 11.5. The van der Waals surface area contributed by atoms with Gasteiger partial charge in [0.25, 0.3) is 0 Å². The lowest BCUT2D eigenvalue weighted by atomic mass is 10.2. The first-order valence-electron chi connectivity index (χ1n) is 4.58. The molecule has 0 aliphatic rings. The van der Waals surface area contributed by atoms with Crippen LogP contribution in [0.4, 0.5) is 0 Å². The van der Waals surface area contributed by atoms with E-state index in [2.05, 4.69) is 0 Å². The van der Waals surface area contributed by atoms with Crippen molar-refractivity contribution in [2.24, 2.45) is 0 Å². The van der Waals surface area contributed by atoms with E-state index in [1.807, 2.05) is 0 Å². The maximum Gasteiger partial charge on any atom is 0.238 e. The second kappa shape index (κ2) is 4.82. The van der Waals surface area contributed by atoms with Gasteiger partial charge in [0.15, 0.2) is 5.76 Å². The van der Waals surface area contributed by atoms with Crippen molar-refractivity contribution in [3.05, 3.63) is 45.0 Å². The molecule has 5 heteroatoms. The molecule has 0 aliphatic carbocycles. The number of carbonyl (C=O) groups is 1. The minimum Gasteiger partial charge on any atom is -0.455 e. The third-order valence-electron chi connectivity index (χ3n) is 1.97. The summed E-state index contributed by atoms with van der Waals surface area (Å²) >= 11 is 7.00. The zero-order valence-corrected chi connectivity index (χ0v) is 10.1. The molecule has 0 fully saturated rings. The summed E-state index contributed by atoms with van der Waals surface area (Å²) in [5, 5.41) is 0. The van der Waals surface area contributed by atoms with Gasteiger partial charge in [0, 0.05) is 7.11 Å². The lowest BCUT2D eigenvalue weighted by molar-refractivity contribution is 0.100. The third-order valence-corrected chi connectivity index (χ3v) is 3.20. The minimum absolute atomic E-state index is 0.153. The van der Waals surface area contributed by atoms with E-state index in [9.17, 15) is 4.79 Å². The highest BCUT2D eigenvalue weighted by Gasteiger charge is 2.15. The summed E-state index contributed by atoms with van der Waals surface area (Å²) in [7, 11) is 1.57. The van der Waals surface area contributed by atoms with E-state index in [1.165, 1.54) is 11.3 Å². The second-order valence-electron chi connectivity index (χ2n) is 3.13. The third kappa shape index (κ3) is 2.35. The molecule has 0 amide bonds. The first-order valence-corrected chi connectivity index (χ1v) is 5.78. The molecule has 16 heavy (non-hydrogen) atoms. The molecule has 2 aromatic rings. The lowest BCUT2D eigenvalue weighted by Crippen LogP contribution is -1.95. The van der Waals surface area contributed by atoms with E-state index >= 15 is 0 Å². The Labute approximate surface area is 102 Å².